The van der Waals surface area contributed by atoms with Crippen LogP contribution in [0.15, 0.2) is 44.3 Å². The van der Waals surface area contributed by atoms with E-state index in [2.05, 4.69) is 31.0 Å². The Labute approximate surface area is 175 Å². The lowest BCUT2D eigenvalue weighted by molar-refractivity contribution is 0.513. The first-order valence-corrected chi connectivity index (χ1v) is 9.44. The minimum atomic E-state index is -0.556. The summed E-state index contributed by atoms with van der Waals surface area (Å²) in [4.78, 5) is 21.2. The fraction of sp³-hybridized carbons (Fsp3) is 0.0588. The van der Waals surface area contributed by atoms with Gasteiger partial charge in [-0.3, -0.25) is 0 Å². The Morgan fingerprint density at radius 2 is 1.89 bits per heavy atom. The summed E-state index contributed by atoms with van der Waals surface area (Å²) in [5.41, 5.74) is 1.08. The van der Waals surface area contributed by atoms with Gasteiger partial charge in [0.05, 0.1) is 20.9 Å². The highest BCUT2D eigenvalue weighted by Crippen LogP contribution is 2.29. The van der Waals surface area contributed by atoms with E-state index in [1.54, 1.807) is 18.2 Å². The zero-order valence-corrected chi connectivity index (χ0v) is 17.4. The Morgan fingerprint density at radius 3 is 2.63 bits per heavy atom. The van der Waals surface area contributed by atoms with Gasteiger partial charge in [-0.25, -0.2) is 19.4 Å². The zero-order chi connectivity index (χ0) is 19.3. The summed E-state index contributed by atoms with van der Waals surface area (Å²) in [5.74, 6) is 0.392. The molecule has 3 heterocycles. The largest absolute Gasteiger partial charge is 0.401 e. The smallest absolute Gasteiger partial charge is 0.347 e. The Morgan fingerprint density at radius 1 is 1.11 bits per heavy atom. The maximum Gasteiger partial charge on any atom is 0.347 e. The van der Waals surface area contributed by atoms with Crippen molar-refractivity contribution in [1.82, 2.24) is 19.7 Å². The highest BCUT2D eigenvalue weighted by Gasteiger charge is 2.19. The van der Waals surface area contributed by atoms with Crippen LogP contribution in [-0.2, 0) is 0 Å². The minimum absolute atomic E-state index is 0.0731. The molecule has 0 aliphatic rings. The molecular weight excluding hydrogens is 478 g/mol. The second-order valence-corrected chi connectivity index (χ2v) is 7.74. The maximum atomic E-state index is 12.5. The molecule has 0 saturated heterocycles. The van der Waals surface area contributed by atoms with Crippen molar-refractivity contribution in [3.63, 3.8) is 0 Å². The first-order chi connectivity index (χ1) is 12.8. The molecule has 0 bridgehead atoms. The van der Waals surface area contributed by atoms with Crippen LogP contribution in [-0.4, -0.2) is 19.7 Å². The summed E-state index contributed by atoms with van der Waals surface area (Å²) in [5, 5.41) is 5.72. The molecule has 0 unspecified atom stereocenters. The molecule has 0 radical (unpaired) electrons. The summed E-state index contributed by atoms with van der Waals surface area (Å²) in [6.07, 6.45) is 1.44. The Balaban J connectivity index is 1.99. The van der Waals surface area contributed by atoms with Crippen molar-refractivity contribution in [2.75, 3.05) is 0 Å². The Kier molecular flexibility index (Phi) is 4.71. The maximum absolute atomic E-state index is 12.5. The molecule has 0 spiro atoms. The van der Waals surface area contributed by atoms with Gasteiger partial charge in [0.2, 0.25) is 5.89 Å². The van der Waals surface area contributed by atoms with Crippen LogP contribution in [0, 0.1) is 6.92 Å². The molecule has 0 fully saturated rings. The average Bonchev–Trinajstić information content (AvgIpc) is 2.97. The quantitative estimate of drug-likeness (QED) is 0.376. The predicted molar refractivity (Wildman–Crippen MR) is 108 cm³/mol. The van der Waals surface area contributed by atoms with Crippen molar-refractivity contribution in [3.05, 3.63) is 66.1 Å². The Hall–Kier alpha value is -1.93. The fourth-order valence-corrected chi connectivity index (χ4v) is 3.75. The molecule has 0 amide bonds. The van der Waals surface area contributed by atoms with E-state index in [1.807, 2.05) is 6.92 Å². The number of hydrogen-bond donors (Lipinski definition) is 0. The molecule has 0 aliphatic heterocycles. The summed E-state index contributed by atoms with van der Waals surface area (Å²) in [6.45, 7) is 1.81. The molecule has 0 aliphatic carbocycles. The van der Waals surface area contributed by atoms with Crippen molar-refractivity contribution < 1.29 is 4.42 Å². The highest BCUT2D eigenvalue weighted by molar-refractivity contribution is 9.10. The van der Waals surface area contributed by atoms with Gasteiger partial charge in [0.15, 0.2) is 5.82 Å². The molecule has 3 aromatic heterocycles. The molecule has 27 heavy (non-hydrogen) atoms. The van der Waals surface area contributed by atoms with E-state index in [9.17, 15) is 4.79 Å². The molecule has 136 valence electrons. The normalized spacial score (nSPS) is 11.3. The van der Waals surface area contributed by atoms with Gasteiger partial charge < -0.3 is 4.42 Å². The lowest BCUT2D eigenvalue weighted by Crippen LogP contribution is -2.08. The van der Waals surface area contributed by atoms with Crippen LogP contribution >= 0.6 is 50.7 Å². The predicted octanol–water partition coefficient (Wildman–Crippen LogP) is 5.47. The van der Waals surface area contributed by atoms with E-state index in [4.69, 9.17) is 39.2 Å². The number of hydrogen-bond acceptors (Lipinski definition) is 5. The van der Waals surface area contributed by atoms with Crippen LogP contribution in [0.2, 0.25) is 15.1 Å². The van der Waals surface area contributed by atoms with E-state index in [1.165, 1.54) is 16.9 Å². The SMILES string of the molecule is Cc1cc(Cl)cc2c(=O)oc(-c3cc(Br)nn3-c3ncc(Cl)cc3Cl)nc12. The number of benzene rings is 1. The number of rotatable bonds is 2. The minimum Gasteiger partial charge on any atom is -0.401 e. The third kappa shape index (κ3) is 3.36. The van der Waals surface area contributed by atoms with Gasteiger partial charge in [-0.15, -0.1) is 0 Å². The lowest BCUT2D eigenvalue weighted by atomic mass is 10.1. The molecule has 1 aromatic carbocycles. The standard InChI is InChI=1S/C17H8BrCl3N4O2/c1-7-2-8(19)3-10-14(7)23-16(27-17(10)26)12-5-13(18)24-25(12)15-11(21)4-9(20)6-22-15/h2-6H,1H3. The van der Waals surface area contributed by atoms with E-state index >= 15 is 0 Å². The Bertz CT molecular complexity index is 1270. The van der Waals surface area contributed by atoms with E-state index in [0.717, 1.165) is 5.56 Å². The molecule has 4 aromatic rings. The number of nitrogens with zero attached hydrogens (tertiary/aromatic N) is 4. The van der Waals surface area contributed by atoms with E-state index in [-0.39, 0.29) is 10.9 Å². The summed E-state index contributed by atoms with van der Waals surface area (Å²) >= 11 is 21.5. The van der Waals surface area contributed by atoms with E-state index < -0.39 is 5.63 Å². The number of aromatic nitrogens is 4. The van der Waals surface area contributed by atoms with Gasteiger partial charge in [0.1, 0.15) is 10.3 Å². The van der Waals surface area contributed by atoms with Gasteiger partial charge in [-0.05, 0) is 46.6 Å². The third-order valence-electron chi connectivity index (χ3n) is 3.78. The van der Waals surface area contributed by atoms with Gasteiger partial charge in [0.25, 0.3) is 0 Å². The van der Waals surface area contributed by atoms with Crippen molar-refractivity contribution >= 4 is 61.6 Å². The third-order valence-corrected chi connectivity index (χ3v) is 4.87. The molecule has 0 atom stereocenters. The van der Waals surface area contributed by atoms with Gasteiger partial charge in [0, 0.05) is 17.3 Å². The average molecular weight is 487 g/mol. The summed E-state index contributed by atoms with van der Waals surface area (Å²) in [6, 6.07) is 6.44. The van der Waals surface area contributed by atoms with Crippen LogP contribution in [0.4, 0.5) is 0 Å². The van der Waals surface area contributed by atoms with E-state index in [0.29, 0.717) is 37.1 Å². The van der Waals surface area contributed by atoms with Gasteiger partial charge >= 0.3 is 5.63 Å². The molecule has 0 N–H and O–H groups in total. The van der Waals surface area contributed by atoms with Crippen molar-refractivity contribution in [2.24, 2.45) is 0 Å². The van der Waals surface area contributed by atoms with Crippen LogP contribution in [0.1, 0.15) is 5.56 Å². The first-order valence-electron chi connectivity index (χ1n) is 7.52. The van der Waals surface area contributed by atoms with Crippen molar-refractivity contribution in [2.45, 2.75) is 6.92 Å². The first kappa shape index (κ1) is 18.4. The second-order valence-electron chi connectivity index (χ2n) is 5.65. The van der Waals surface area contributed by atoms with Crippen LogP contribution < -0.4 is 5.63 Å². The van der Waals surface area contributed by atoms with Crippen LogP contribution in [0.3, 0.4) is 0 Å². The lowest BCUT2D eigenvalue weighted by Gasteiger charge is -2.08. The molecule has 0 saturated carbocycles. The second kappa shape index (κ2) is 6.91. The fourth-order valence-electron chi connectivity index (χ4n) is 2.65. The highest BCUT2D eigenvalue weighted by atomic mass is 79.9. The summed E-state index contributed by atoms with van der Waals surface area (Å²) in [7, 11) is 0. The number of halogens is 4. The number of pyridine rings is 1. The van der Waals surface area contributed by atoms with Crippen LogP contribution in [0.25, 0.3) is 28.3 Å². The number of aryl methyl sites for hydroxylation is 1. The van der Waals surface area contributed by atoms with Crippen molar-refractivity contribution in [3.8, 4) is 17.4 Å². The van der Waals surface area contributed by atoms with Crippen molar-refractivity contribution in [1.29, 1.82) is 0 Å². The molecule has 4 rings (SSSR count). The molecular formula is C17H8BrCl3N4O2. The van der Waals surface area contributed by atoms with Gasteiger partial charge in [-0.1, -0.05) is 34.8 Å². The topological polar surface area (TPSA) is 73.8 Å². The number of fused-ring (bicyclic) bond motifs is 1. The van der Waals surface area contributed by atoms with Gasteiger partial charge in [-0.2, -0.15) is 5.10 Å². The monoisotopic (exact) mass is 484 g/mol. The summed E-state index contributed by atoms with van der Waals surface area (Å²) < 4.78 is 7.33. The van der Waals surface area contributed by atoms with Crippen LogP contribution in [0.5, 0.6) is 0 Å². The molecule has 6 nitrogen and oxygen atoms in total. The molecule has 10 heteroatoms. The zero-order valence-electron chi connectivity index (χ0n) is 13.5.